The van der Waals surface area contributed by atoms with Gasteiger partial charge in [0, 0.05) is 22.1 Å². The van der Waals surface area contributed by atoms with E-state index in [1.54, 1.807) is 30.8 Å². The van der Waals surface area contributed by atoms with E-state index in [1.807, 2.05) is 26.8 Å². The lowest BCUT2D eigenvalue weighted by Crippen LogP contribution is -2.49. The predicted molar refractivity (Wildman–Crippen MR) is 115 cm³/mol. The van der Waals surface area contributed by atoms with Gasteiger partial charge in [-0.3, -0.25) is 9.78 Å². The van der Waals surface area contributed by atoms with Gasteiger partial charge >= 0.3 is 0 Å². The standard InChI is InChI=1S/C18H21BrClN3O3S/c1-5-25-22-10-18(2,3)23-16(24)17(27-4)26-13-7-11-6-12(19)9-21-15(11)14(20)8-13/h6-10,17H,5H2,1-4H3,(H,23,24). The van der Waals surface area contributed by atoms with E-state index in [0.29, 0.717) is 22.9 Å². The number of thioether (sulfide) groups is 1. The first kappa shape index (κ1) is 21.8. The van der Waals surface area contributed by atoms with Crippen molar-refractivity contribution in [1.82, 2.24) is 10.3 Å². The zero-order valence-corrected chi connectivity index (χ0v) is 18.6. The van der Waals surface area contributed by atoms with E-state index >= 15 is 0 Å². The molecular weight excluding hydrogens is 454 g/mol. The molecule has 1 heterocycles. The first-order valence-corrected chi connectivity index (χ1v) is 10.6. The Morgan fingerprint density at radius 1 is 1.48 bits per heavy atom. The summed E-state index contributed by atoms with van der Waals surface area (Å²) in [6.07, 6.45) is 5.02. The Morgan fingerprint density at radius 3 is 2.89 bits per heavy atom. The minimum Gasteiger partial charge on any atom is -0.470 e. The normalized spacial score (nSPS) is 13.0. The summed E-state index contributed by atoms with van der Waals surface area (Å²) >= 11 is 11.0. The van der Waals surface area contributed by atoms with Gasteiger partial charge < -0.3 is 14.9 Å². The fraction of sp³-hybridized carbons (Fsp3) is 0.389. The van der Waals surface area contributed by atoms with Crippen LogP contribution in [0.15, 0.2) is 34.0 Å². The highest BCUT2D eigenvalue weighted by Crippen LogP contribution is 2.30. The summed E-state index contributed by atoms with van der Waals surface area (Å²) in [4.78, 5) is 21.9. The molecule has 2 rings (SSSR count). The van der Waals surface area contributed by atoms with Crippen LogP contribution in [0.1, 0.15) is 20.8 Å². The van der Waals surface area contributed by atoms with Crippen molar-refractivity contribution in [3.05, 3.63) is 33.9 Å². The van der Waals surface area contributed by atoms with Crippen molar-refractivity contribution in [1.29, 1.82) is 0 Å². The van der Waals surface area contributed by atoms with Gasteiger partial charge in [0.15, 0.2) is 0 Å². The molecular formula is C18H21BrClN3O3S. The van der Waals surface area contributed by atoms with Crippen molar-refractivity contribution >= 4 is 62.3 Å². The lowest BCUT2D eigenvalue weighted by atomic mass is 10.1. The Hall–Kier alpha value is -1.51. The molecule has 146 valence electrons. The van der Waals surface area contributed by atoms with Crippen LogP contribution in [0.2, 0.25) is 5.02 Å². The van der Waals surface area contributed by atoms with Crippen LogP contribution in [0.3, 0.4) is 0 Å². The fourth-order valence-electron chi connectivity index (χ4n) is 2.21. The highest BCUT2D eigenvalue weighted by Gasteiger charge is 2.26. The molecule has 27 heavy (non-hydrogen) atoms. The molecule has 1 unspecified atom stereocenters. The second-order valence-electron chi connectivity index (χ2n) is 6.18. The van der Waals surface area contributed by atoms with Crippen molar-refractivity contribution in [2.24, 2.45) is 5.16 Å². The summed E-state index contributed by atoms with van der Waals surface area (Å²) in [7, 11) is 0. The first-order valence-electron chi connectivity index (χ1n) is 8.18. The van der Waals surface area contributed by atoms with Crippen LogP contribution in [0.4, 0.5) is 0 Å². The number of rotatable bonds is 8. The highest BCUT2D eigenvalue weighted by molar-refractivity contribution is 9.10. The average molecular weight is 475 g/mol. The predicted octanol–water partition coefficient (Wildman–Crippen LogP) is 4.64. The van der Waals surface area contributed by atoms with Gasteiger partial charge in [-0.25, -0.2) is 0 Å². The van der Waals surface area contributed by atoms with Crippen molar-refractivity contribution in [3.63, 3.8) is 0 Å². The first-order chi connectivity index (χ1) is 12.8. The molecule has 1 aromatic carbocycles. The number of halogens is 2. The van der Waals surface area contributed by atoms with Crippen LogP contribution in [0, 0.1) is 0 Å². The number of nitrogens with one attached hydrogen (secondary N) is 1. The molecule has 6 nitrogen and oxygen atoms in total. The van der Waals surface area contributed by atoms with Crippen LogP contribution in [0.25, 0.3) is 10.9 Å². The second kappa shape index (κ2) is 9.61. The summed E-state index contributed by atoms with van der Waals surface area (Å²) in [5.74, 6) is 0.210. The quantitative estimate of drug-likeness (QED) is 0.343. The molecule has 0 aliphatic rings. The maximum atomic E-state index is 12.6. The van der Waals surface area contributed by atoms with Crippen molar-refractivity contribution < 1.29 is 14.4 Å². The van der Waals surface area contributed by atoms with Gasteiger partial charge in [0.05, 0.1) is 22.3 Å². The van der Waals surface area contributed by atoms with Gasteiger partial charge in [-0.15, -0.1) is 11.8 Å². The number of ether oxygens (including phenoxy) is 1. The number of oxime groups is 1. The number of hydrogen-bond donors (Lipinski definition) is 1. The number of carbonyl (C=O) groups excluding carboxylic acids is 1. The average Bonchev–Trinajstić information content (AvgIpc) is 2.58. The molecule has 0 saturated heterocycles. The van der Waals surface area contributed by atoms with E-state index in [4.69, 9.17) is 21.2 Å². The molecule has 2 aromatic rings. The van der Waals surface area contributed by atoms with Crippen molar-refractivity contribution in [2.75, 3.05) is 12.9 Å². The summed E-state index contributed by atoms with van der Waals surface area (Å²) in [5, 5.41) is 7.98. The maximum Gasteiger partial charge on any atom is 0.272 e. The van der Waals surface area contributed by atoms with Crippen LogP contribution >= 0.6 is 39.3 Å². The van der Waals surface area contributed by atoms with E-state index in [2.05, 4.69) is 31.4 Å². The zero-order chi connectivity index (χ0) is 20.0. The molecule has 0 aliphatic carbocycles. The number of hydrogen-bond acceptors (Lipinski definition) is 6. The van der Waals surface area contributed by atoms with Gasteiger partial charge in [-0.1, -0.05) is 16.8 Å². The Bertz CT molecular complexity index is 848. The van der Waals surface area contributed by atoms with Crippen LogP contribution in [-0.4, -0.2) is 40.9 Å². The fourth-order valence-corrected chi connectivity index (χ4v) is 3.30. The number of pyridine rings is 1. The van der Waals surface area contributed by atoms with Crippen molar-refractivity contribution in [2.45, 2.75) is 31.7 Å². The molecule has 0 saturated carbocycles. The Labute approximate surface area is 176 Å². The van der Waals surface area contributed by atoms with E-state index in [9.17, 15) is 4.79 Å². The summed E-state index contributed by atoms with van der Waals surface area (Å²) < 4.78 is 6.70. The SMILES string of the molecule is CCON=CC(C)(C)NC(=O)C(Oc1cc(Cl)c2ncc(Br)cc2c1)SC. The van der Waals surface area contributed by atoms with Crippen LogP contribution in [0.5, 0.6) is 5.75 Å². The molecule has 0 aliphatic heterocycles. The Morgan fingerprint density at radius 2 is 2.22 bits per heavy atom. The molecule has 1 N–H and O–H groups in total. The van der Waals surface area contributed by atoms with Gasteiger partial charge in [0.25, 0.3) is 5.91 Å². The summed E-state index contributed by atoms with van der Waals surface area (Å²) in [6.45, 7) is 5.94. The van der Waals surface area contributed by atoms with Gasteiger partial charge in [0.1, 0.15) is 12.4 Å². The van der Waals surface area contributed by atoms with Crippen molar-refractivity contribution in [3.8, 4) is 5.75 Å². The van der Waals surface area contributed by atoms with Gasteiger partial charge in [-0.2, -0.15) is 0 Å². The number of nitrogens with zero attached hydrogens (tertiary/aromatic N) is 2. The molecule has 1 atom stereocenters. The third-order valence-corrected chi connectivity index (χ3v) is 4.83. The second-order valence-corrected chi connectivity index (χ2v) is 8.40. The van der Waals surface area contributed by atoms with Crippen LogP contribution < -0.4 is 10.1 Å². The van der Waals surface area contributed by atoms with E-state index in [0.717, 1.165) is 9.86 Å². The molecule has 0 fully saturated rings. The van der Waals surface area contributed by atoms with Crippen LogP contribution in [-0.2, 0) is 9.63 Å². The molecule has 0 bridgehead atoms. The highest BCUT2D eigenvalue weighted by atomic mass is 79.9. The van der Waals surface area contributed by atoms with E-state index in [-0.39, 0.29) is 5.91 Å². The number of fused-ring (bicyclic) bond motifs is 1. The molecule has 9 heteroatoms. The van der Waals surface area contributed by atoms with E-state index < -0.39 is 11.0 Å². The third kappa shape index (κ3) is 6.26. The maximum absolute atomic E-state index is 12.6. The smallest absolute Gasteiger partial charge is 0.272 e. The monoisotopic (exact) mass is 473 g/mol. The lowest BCUT2D eigenvalue weighted by Gasteiger charge is -2.24. The topological polar surface area (TPSA) is 72.8 Å². The number of carbonyl (C=O) groups is 1. The molecule has 0 spiro atoms. The molecule has 1 amide bonds. The Kier molecular flexibility index (Phi) is 7.76. The van der Waals surface area contributed by atoms with E-state index in [1.165, 1.54) is 11.8 Å². The lowest BCUT2D eigenvalue weighted by molar-refractivity contribution is -0.125. The Balaban J connectivity index is 2.16. The summed E-state index contributed by atoms with van der Waals surface area (Å²) in [5.41, 5.74) is -0.761. The largest absolute Gasteiger partial charge is 0.470 e. The van der Waals surface area contributed by atoms with Gasteiger partial charge in [-0.05, 0) is 55.1 Å². The number of aromatic nitrogens is 1. The zero-order valence-electron chi connectivity index (χ0n) is 15.5. The minimum atomic E-state index is -0.751. The minimum absolute atomic E-state index is 0.279. The third-order valence-electron chi connectivity index (χ3n) is 3.37. The molecule has 0 radical (unpaired) electrons. The van der Waals surface area contributed by atoms with Gasteiger partial charge in [0.2, 0.25) is 5.44 Å². The summed E-state index contributed by atoms with van der Waals surface area (Å²) in [6, 6.07) is 5.35. The molecule has 1 aromatic heterocycles. The number of amides is 1. The number of benzene rings is 1.